The summed E-state index contributed by atoms with van der Waals surface area (Å²) in [7, 11) is 0. The summed E-state index contributed by atoms with van der Waals surface area (Å²) in [6.45, 7) is 13.5. The Bertz CT molecular complexity index is 1370. The molecular weight excluding hydrogens is 418 g/mol. The van der Waals surface area contributed by atoms with Crippen LogP contribution >= 0.6 is 0 Å². The van der Waals surface area contributed by atoms with E-state index in [1.54, 1.807) is 0 Å². The Balaban J connectivity index is 1.53. The summed E-state index contributed by atoms with van der Waals surface area (Å²) in [6.07, 6.45) is 1.94. The van der Waals surface area contributed by atoms with E-state index in [0.717, 1.165) is 57.9 Å². The summed E-state index contributed by atoms with van der Waals surface area (Å²) in [6, 6.07) is 18.7. The number of hydrogen-bond donors (Lipinski definition) is 2. The van der Waals surface area contributed by atoms with Gasteiger partial charge in [-0.3, -0.25) is 0 Å². The Morgan fingerprint density at radius 1 is 0.559 bits per heavy atom. The molecule has 3 aromatic heterocycles. The largest absolute Gasteiger partial charge is 0.337 e. The standard InChI is InChI=1S/C29H33N5/c1-28(2,3)16-18-10-7-12-20-24(18)33-26(31-20)22-14-9-15-23(30-22)27-32-21-13-8-11-19(25(21)34-27)17-29(4,5)6/h7-15H,16-17H2,1-6H3,(H,31,33)(H,32,34). The van der Waals surface area contributed by atoms with Crippen molar-refractivity contribution in [2.75, 3.05) is 0 Å². The molecule has 3 heterocycles. The van der Waals surface area contributed by atoms with Crippen molar-refractivity contribution < 1.29 is 0 Å². The summed E-state index contributed by atoms with van der Waals surface area (Å²) in [5.74, 6) is 1.56. The molecule has 0 saturated carbocycles. The van der Waals surface area contributed by atoms with Crippen LogP contribution in [-0.2, 0) is 12.8 Å². The van der Waals surface area contributed by atoms with Crippen LogP contribution in [0.25, 0.3) is 45.1 Å². The molecule has 5 nitrogen and oxygen atoms in total. The number of para-hydroxylation sites is 2. The lowest BCUT2D eigenvalue weighted by atomic mass is 9.88. The van der Waals surface area contributed by atoms with Gasteiger partial charge in [-0.1, -0.05) is 71.9 Å². The SMILES string of the molecule is CC(C)(C)Cc1cccc2[nH]c(-c3cccc(-c4nc5c(CC(C)(C)C)cccc5[nH]4)n3)nc12. The van der Waals surface area contributed by atoms with Crippen molar-refractivity contribution in [2.45, 2.75) is 54.4 Å². The second-order valence-corrected chi connectivity index (χ2v) is 11.7. The van der Waals surface area contributed by atoms with Gasteiger partial charge in [0.1, 0.15) is 11.4 Å². The van der Waals surface area contributed by atoms with E-state index in [-0.39, 0.29) is 10.8 Å². The number of pyridine rings is 1. The van der Waals surface area contributed by atoms with Crippen molar-refractivity contribution in [3.8, 4) is 23.0 Å². The number of imidazole rings is 2. The smallest absolute Gasteiger partial charge is 0.157 e. The van der Waals surface area contributed by atoms with Crippen molar-refractivity contribution in [2.24, 2.45) is 10.8 Å². The predicted octanol–water partition coefficient (Wildman–Crippen LogP) is 7.35. The molecule has 0 fully saturated rings. The summed E-state index contributed by atoms with van der Waals surface area (Å²) in [5, 5.41) is 0. The zero-order chi connectivity index (χ0) is 24.1. The molecule has 0 atom stereocenters. The Kier molecular flexibility index (Phi) is 5.31. The van der Waals surface area contributed by atoms with E-state index in [9.17, 15) is 0 Å². The molecule has 0 spiro atoms. The van der Waals surface area contributed by atoms with Crippen molar-refractivity contribution in [1.29, 1.82) is 0 Å². The fourth-order valence-corrected chi connectivity index (χ4v) is 4.55. The number of nitrogens with zero attached hydrogens (tertiary/aromatic N) is 3. The highest BCUT2D eigenvalue weighted by atomic mass is 15.0. The van der Waals surface area contributed by atoms with E-state index < -0.39 is 0 Å². The molecule has 0 saturated heterocycles. The highest BCUT2D eigenvalue weighted by molar-refractivity contribution is 5.83. The first-order valence-corrected chi connectivity index (χ1v) is 12.0. The van der Waals surface area contributed by atoms with Gasteiger partial charge in [0, 0.05) is 0 Å². The van der Waals surface area contributed by atoms with Crippen molar-refractivity contribution in [3.05, 3.63) is 65.7 Å². The third kappa shape index (κ3) is 4.60. The van der Waals surface area contributed by atoms with Gasteiger partial charge >= 0.3 is 0 Å². The molecule has 0 aliphatic rings. The molecule has 0 aliphatic carbocycles. The van der Waals surface area contributed by atoms with Crippen LogP contribution in [0.5, 0.6) is 0 Å². The van der Waals surface area contributed by atoms with Gasteiger partial charge in [0.2, 0.25) is 0 Å². The summed E-state index contributed by atoms with van der Waals surface area (Å²) in [4.78, 5) is 21.8. The van der Waals surface area contributed by atoms with E-state index in [1.165, 1.54) is 11.1 Å². The second kappa shape index (κ2) is 8.08. The van der Waals surface area contributed by atoms with Crippen LogP contribution in [0.4, 0.5) is 0 Å². The maximum absolute atomic E-state index is 4.95. The Hall–Kier alpha value is -3.47. The first-order chi connectivity index (χ1) is 16.1. The molecule has 0 unspecified atom stereocenters. The third-order valence-electron chi connectivity index (χ3n) is 5.87. The number of fused-ring (bicyclic) bond motifs is 2. The molecule has 0 radical (unpaired) electrons. The Morgan fingerprint density at radius 2 is 0.971 bits per heavy atom. The predicted molar refractivity (Wildman–Crippen MR) is 141 cm³/mol. The second-order valence-electron chi connectivity index (χ2n) is 11.7. The molecule has 0 aliphatic heterocycles. The lowest BCUT2D eigenvalue weighted by Gasteiger charge is -2.18. The molecule has 0 bridgehead atoms. The first kappa shape index (κ1) is 22.3. The number of hydrogen-bond acceptors (Lipinski definition) is 3. The molecule has 34 heavy (non-hydrogen) atoms. The number of H-pyrrole nitrogens is 2. The number of aromatic amines is 2. The van der Waals surface area contributed by atoms with Crippen LogP contribution in [0.2, 0.25) is 0 Å². The zero-order valence-corrected chi connectivity index (χ0v) is 21.0. The van der Waals surface area contributed by atoms with Crippen LogP contribution in [0.1, 0.15) is 52.7 Å². The van der Waals surface area contributed by atoms with Gasteiger partial charge in [0.15, 0.2) is 11.6 Å². The van der Waals surface area contributed by atoms with Crippen LogP contribution in [0.15, 0.2) is 54.6 Å². The third-order valence-corrected chi connectivity index (χ3v) is 5.87. The van der Waals surface area contributed by atoms with Gasteiger partial charge in [-0.05, 0) is 59.1 Å². The van der Waals surface area contributed by atoms with E-state index in [4.69, 9.17) is 15.0 Å². The lowest BCUT2D eigenvalue weighted by Crippen LogP contribution is -2.09. The Labute approximate surface area is 201 Å². The quantitative estimate of drug-likeness (QED) is 0.300. The van der Waals surface area contributed by atoms with Gasteiger partial charge < -0.3 is 9.97 Å². The van der Waals surface area contributed by atoms with Gasteiger partial charge in [-0.25, -0.2) is 15.0 Å². The van der Waals surface area contributed by atoms with Crippen LogP contribution < -0.4 is 0 Å². The minimum atomic E-state index is 0.193. The molecule has 0 amide bonds. The normalized spacial score (nSPS) is 12.6. The van der Waals surface area contributed by atoms with Crippen LogP contribution in [0.3, 0.4) is 0 Å². The van der Waals surface area contributed by atoms with E-state index >= 15 is 0 Å². The van der Waals surface area contributed by atoms with Gasteiger partial charge in [0.05, 0.1) is 22.1 Å². The molecule has 5 heteroatoms. The highest BCUT2D eigenvalue weighted by Crippen LogP contribution is 2.30. The van der Waals surface area contributed by atoms with Crippen molar-refractivity contribution in [3.63, 3.8) is 0 Å². The fraction of sp³-hybridized carbons (Fsp3) is 0.345. The number of nitrogens with one attached hydrogen (secondary N) is 2. The molecular formula is C29H33N5. The minimum Gasteiger partial charge on any atom is -0.337 e. The van der Waals surface area contributed by atoms with Crippen LogP contribution in [0, 0.1) is 10.8 Å². The van der Waals surface area contributed by atoms with Gasteiger partial charge in [0.25, 0.3) is 0 Å². The summed E-state index contributed by atoms with van der Waals surface area (Å²) < 4.78 is 0. The topological polar surface area (TPSA) is 70.2 Å². The molecule has 5 rings (SSSR count). The average Bonchev–Trinajstić information content (AvgIpc) is 3.37. The maximum atomic E-state index is 4.95. The number of rotatable bonds is 4. The maximum Gasteiger partial charge on any atom is 0.157 e. The fourth-order valence-electron chi connectivity index (χ4n) is 4.55. The molecule has 174 valence electrons. The monoisotopic (exact) mass is 451 g/mol. The highest BCUT2D eigenvalue weighted by Gasteiger charge is 2.18. The van der Waals surface area contributed by atoms with Gasteiger partial charge in [-0.15, -0.1) is 0 Å². The number of benzene rings is 2. The van der Waals surface area contributed by atoms with E-state index in [2.05, 4.69) is 87.9 Å². The van der Waals surface area contributed by atoms with Crippen molar-refractivity contribution >= 4 is 22.1 Å². The average molecular weight is 452 g/mol. The molecule has 5 aromatic rings. The molecule has 2 aromatic carbocycles. The minimum absolute atomic E-state index is 0.193. The number of aromatic nitrogens is 5. The van der Waals surface area contributed by atoms with Crippen LogP contribution in [-0.4, -0.2) is 24.9 Å². The van der Waals surface area contributed by atoms with Crippen molar-refractivity contribution in [1.82, 2.24) is 24.9 Å². The van der Waals surface area contributed by atoms with E-state index in [0.29, 0.717) is 0 Å². The van der Waals surface area contributed by atoms with E-state index in [1.807, 2.05) is 18.2 Å². The molecule has 2 N–H and O–H groups in total. The Morgan fingerprint density at radius 3 is 1.38 bits per heavy atom. The lowest BCUT2D eigenvalue weighted by molar-refractivity contribution is 0.412. The first-order valence-electron chi connectivity index (χ1n) is 12.0. The summed E-state index contributed by atoms with van der Waals surface area (Å²) in [5.41, 5.74) is 8.65. The zero-order valence-electron chi connectivity index (χ0n) is 21.0. The summed E-state index contributed by atoms with van der Waals surface area (Å²) >= 11 is 0. The van der Waals surface area contributed by atoms with Gasteiger partial charge in [-0.2, -0.15) is 0 Å².